The third-order valence-electron chi connectivity index (χ3n) is 3.88. The Kier molecular flexibility index (Phi) is 5.38. The van der Waals surface area contributed by atoms with Crippen molar-refractivity contribution in [3.05, 3.63) is 0 Å². The van der Waals surface area contributed by atoms with Crippen LogP contribution in [-0.2, 0) is 0 Å². The topological polar surface area (TPSA) is 80.0 Å². The van der Waals surface area contributed by atoms with Gasteiger partial charge in [-0.15, -0.1) is 0 Å². The third-order valence-corrected chi connectivity index (χ3v) is 3.88. The fraction of sp³-hybridized carbons (Fsp3) is 0.786. The Morgan fingerprint density at radius 3 is 2.30 bits per heavy atom. The van der Waals surface area contributed by atoms with Crippen LogP contribution in [0.15, 0.2) is 0 Å². The molecule has 2 rings (SSSR count). The van der Waals surface area contributed by atoms with E-state index in [0.29, 0.717) is 17.9 Å². The third kappa shape index (κ3) is 3.95. The van der Waals surface area contributed by atoms with Gasteiger partial charge in [0.25, 0.3) is 0 Å². The molecule has 0 unspecified atom stereocenters. The van der Waals surface area contributed by atoms with Crippen molar-refractivity contribution < 1.29 is 0 Å². The number of aromatic nitrogens is 3. The monoisotopic (exact) mass is 278 g/mol. The molecular formula is C14H26N6. The molecule has 1 aromatic heterocycles. The van der Waals surface area contributed by atoms with Gasteiger partial charge in [0.05, 0.1) is 0 Å². The summed E-state index contributed by atoms with van der Waals surface area (Å²) < 4.78 is 0. The van der Waals surface area contributed by atoms with E-state index in [1.54, 1.807) is 0 Å². The normalized spacial score (nSPS) is 16.7. The maximum atomic E-state index is 5.81. The van der Waals surface area contributed by atoms with Crippen LogP contribution in [0.5, 0.6) is 0 Å². The summed E-state index contributed by atoms with van der Waals surface area (Å²) in [6.45, 7) is 5.90. The summed E-state index contributed by atoms with van der Waals surface area (Å²) in [5.74, 6) is 1.57. The van der Waals surface area contributed by atoms with Crippen LogP contribution in [0.3, 0.4) is 0 Å². The Labute approximate surface area is 121 Å². The molecule has 3 N–H and O–H groups in total. The number of hydrogen-bond donors (Lipinski definition) is 2. The molecule has 1 aliphatic carbocycles. The van der Waals surface area contributed by atoms with Gasteiger partial charge >= 0.3 is 0 Å². The second-order valence-electron chi connectivity index (χ2n) is 5.32. The minimum absolute atomic E-state index is 0.290. The van der Waals surface area contributed by atoms with Gasteiger partial charge in [-0.2, -0.15) is 15.0 Å². The molecule has 0 saturated heterocycles. The highest BCUT2D eigenvalue weighted by molar-refractivity contribution is 5.42. The largest absolute Gasteiger partial charge is 0.368 e. The molecule has 1 heterocycles. The van der Waals surface area contributed by atoms with Gasteiger partial charge < -0.3 is 16.0 Å². The van der Waals surface area contributed by atoms with Gasteiger partial charge in [-0.25, -0.2) is 0 Å². The van der Waals surface area contributed by atoms with E-state index in [-0.39, 0.29) is 5.95 Å². The smallest absolute Gasteiger partial charge is 0.231 e. The van der Waals surface area contributed by atoms with E-state index in [1.165, 1.54) is 38.5 Å². The van der Waals surface area contributed by atoms with Gasteiger partial charge in [0.1, 0.15) is 0 Å². The minimum Gasteiger partial charge on any atom is -0.368 e. The number of rotatable bonds is 5. The maximum absolute atomic E-state index is 5.81. The van der Waals surface area contributed by atoms with Crippen molar-refractivity contribution >= 4 is 17.8 Å². The second-order valence-corrected chi connectivity index (χ2v) is 5.32. The number of nitrogens with one attached hydrogen (secondary N) is 1. The predicted octanol–water partition coefficient (Wildman–Crippen LogP) is 2.43. The molecule has 1 fully saturated rings. The zero-order valence-corrected chi connectivity index (χ0v) is 12.6. The highest BCUT2D eigenvalue weighted by Crippen LogP contribution is 2.20. The van der Waals surface area contributed by atoms with Gasteiger partial charge in [0, 0.05) is 19.1 Å². The first-order valence-electron chi connectivity index (χ1n) is 7.76. The number of nitrogen functional groups attached to an aromatic ring is 1. The minimum atomic E-state index is 0.290. The summed E-state index contributed by atoms with van der Waals surface area (Å²) in [7, 11) is 0. The molecular weight excluding hydrogens is 252 g/mol. The number of nitrogens with zero attached hydrogens (tertiary/aromatic N) is 4. The summed E-state index contributed by atoms with van der Waals surface area (Å²) in [5, 5.41) is 3.44. The lowest BCUT2D eigenvalue weighted by atomic mass is 10.1. The van der Waals surface area contributed by atoms with Crippen molar-refractivity contribution in [2.45, 2.75) is 58.4 Å². The van der Waals surface area contributed by atoms with Crippen molar-refractivity contribution in [3.8, 4) is 0 Å². The average Bonchev–Trinajstić information content (AvgIpc) is 2.68. The summed E-state index contributed by atoms with van der Waals surface area (Å²) >= 11 is 0. The van der Waals surface area contributed by atoms with Crippen molar-refractivity contribution in [2.75, 3.05) is 29.0 Å². The van der Waals surface area contributed by atoms with Gasteiger partial charge in [-0.05, 0) is 26.7 Å². The zero-order valence-electron chi connectivity index (χ0n) is 12.6. The molecule has 1 aromatic rings. The van der Waals surface area contributed by atoms with Crippen LogP contribution in [0.2, 0.25) is 0 Å². The first-order valence-corrected chi connectivity index (χ1v) is 7.76. The van der Waals surface area contributed by atoms with Gasteiger partial charge in [-0.3, -0.25) is 0 Å². The number of anilines is 3. The average molecular weight is 278 g/mol. The lowest BCUT2D eigenvalue weighted by Gasteiger charge is -2.21. The van der Waals surface area contributed by atoms with E-state index in [1.807, 2.05) is 0 Å². The van der Waals surface area contributed by atoms with Crippen LogP contribution >= 0.6 is 0 Å². The van der Waals surface area contributed by atoms with E-state index in [0.717, 1.165) is 13.1 Å². The summed E-state index contributed by atoms with van der Waals surface area (Å²) in [6, 6.07) is 0.462. The molecule has 0 radical (unpaired) electrons. The summed E-state index contributed by atoms with van der Waals surface area (Å²) in [6.07, 6.45) is 7.60. The first-order chi connectivity index (χ1) is 9.72. The molecule has 0 aromatic carbocycles. The molecule has 0 aliphatic heterocycles. The van der Waals surface area contributed by atoms with E-state index < -0.39 is 0 Å². The lowest BCUT2D eigenvalue weighted by molar-refractivity contribution is 0.614. The zero-order chi connectivity index (χ0) is 14.4. The molecule has 1 saturated carbocycles. The second kappa shape index (κ2) is 7.26. The van der Waals surface area contributed by atoms with Crippen LogP contribution in [0.4, 0.5) is 17.8 Å². The van der Waals surface area contributed by atoms with Crippen LogP contribution < -0.4 is 16.0 Å². The first kappa shape index (κ1) is 14.8. The van der Waals surface area contributed by atoms with Crippen molar-refractivity contribution in [3.63, 3.8) is 0 Å². The SMILES string of the molecule is CCN(CC)c1nc(N)nc(NC2CCCCCC2)n1. The summed E-state index contributed by atoms with van der Waals surface area (Å²) in [5.41, 5.74) is 5.81. The molecule has 1 aliphatic rings. The number of hydrogen-bond acceptors (Lipinski definition) is 6. The molecule has 0 bridgehead atoms. The fourth-order valence-electron chi connectivity index (χ4n) is 2.70. The standard InChI is InChI=1S/C14H26N6/c1-3-20(4-2)14-18-12(15)17-13(19-14)16-11-9-7-5-6-8-10-11/h11H,3-10H2,1-2H3,(H3,15,16,17,18,19). The van der Waals surface area contributed by atoms with E-state index in [2.05, 4.69) is 39.0 Å². The van der Waals surface area contributed by atoms with Crippen molar-refractivity contribution in [1.82, 2.24) is 15.0 Å². The predicted molar refractivity (Wildman–Crippen MR) is 82.9 cm³/mol. The molecule has 0 amide bonds. The Balaban J connectivity index is 2.10. The molecule has 0 atom stereocenters. The van der Waals surface area contributed by atoms with E-state index >= 15 is 0 Å². The van der Waals surface area contributed by atoms with Gasteiger partial charge in [-0.1, -0.05) is 25.7 Å². The van der Waals surface area contributed by atoms with Crippen LogP contribution in [0.25, 0.3) is 0 Å². The van der Waals surface area contributed by atoms with E-state index in [4.69, 9.17) is 5.73 Å². The Morgan fingerprint density at radius 1 is 1.05 bits per heavy atom. The fourth-order valence-corrected chi connectivity index (χ4v) is 2.70. The maximum Gasteiger partial charge on any atom is 0.231 e. The van der Waals surface area contributed by atoms with Crippen LogP contribution in [0, 0.1) is 0 Å². The van der Waals surface area contributed by atoms with E-state index in [9.17, 15) is 0 Å². The Morgan fingerprint density at radius 2 is 1.70 bits per heavy atom. The number of nitrogens with two attached hydrogens (primary N) is 1. The highest BCUT2D eigenvalue weighted by Gasteiger charge is 2.15. The lowest BCUT2D eigenvalue weighted by Crippen LogP contribution is -2.26. The van der Waals surface area contributed by atoms with Crippen LogP contribution in [0.1, 0.15) is 52.4 Å². The molecule has 6 heteroatoms. The van der Waals surface area contributed by atoms with Crippen molar-refractivity contribution in [1.29, 1.82) is 0 Å². The Bertz CT molecular complexity index is 410. The molecule has 20 heavy (non-hydrogen) atoms. The quantitative estimate of drug-likeness (QED) is 0.805. The Hall–Kier alpha value is -1.59. The van der Waals surface area contributed by atoms with Crippen LogP contribution in [-0.4, -0.2) is 34.1 Å². The summed E-state index contributed by atoms with van der Waals surface area (Å²) in [4.78, 5) is 15.0. The molecule has 6 nitrogen and oxygen atoms in total. The molecule has 0 spiro atoms. The highest BCUT2D eigenvalue weighted by atomic mass is 15.3. The van der Waals surface area contributed by atoms with Crippen molar-refractivity contribution in [2.24, 2.45) is 0 Å². The molecule has 112 valence electrons. The van der Waals surface area contributed by atoms with Gasteiger partial charge in [0.15, 0.2) is 0 Å². The van der Waals surface area contributed by atoms with Gasteiger partial charge in [0.2, 0.25) is 17.8 Å².